The van der Waals surface area contributed by atoms with Gasteiger partial charge in [0.1, 0.15) is 18.5 Å². The zero-order chi connectivity index (χ0) is 17.8. The summed E-state index contributed by atoms with van der Waals surface area (Å²) in [5, 5.41) is 19.7. The molecule has 3 rings (SSSR count). The van der Waals surface area contributed by atoms with Crippen LogP contribution in [0.5, 0.6) is 5.75 Å². The summed E-state index contributed by atoms with van der Waals surface area (Å²) in [6.45, 7) is 0.0521. The Labute approximate surface area is 148 Å². The van der Waals surface area contributed by atoms with E-state index in [1.807, 2.05) is 6.07 Å². The van der Waals surface area contributed by atoms with Crippen molar-refractivity contribution in [2.75, 3.05) is 6.61 Å². The van der Waals surface area contributed by atoms with Crippen molar-refractivity contribution in [3.8, 4) is 11.8 Å². The SMILES string of the molecule is N#Cc1ccc(OC[C@@H](O)Cn2cnc3ccc(Cl)cc3c2=O)cc1. The molecule has 0 saturated heterocycles. The zero-order valence-electron chi connectivity index (χ0n) is 13.1. The Morgan fingerprint density at radius 2 is 2.04 bits per heavy atom. The lowest BCUT2D eigenvalue weighted by Gasteiger charge is -2.14. The van der Waals surface area contributed by atoms with Crippen LogP contribution >= 0.6 is 11.6 Å². The lowest BCUT2D eigenvalue weighted by Crippen LogP contribution is -2.30. The second-order valence-electron chi connectivity index (χ2n) is 5.46. The van der Waals surface area contributed by atoms with Gasteiger partial charge in [-0.2, -0.15) is 5.26 Å². The quantitative estimate of drug-likeness (QED) is 0.759. The van der Waals surface area contributed by atoms with Gasteiger partial charge in [0.15, 0.2) is 0 Å². The molecule has 0 aliphatic heterocycles. The summed E-state index contributed by atoms with van der Waals surface area (Å²) >= 11 is 5.92. The largest absolute Gasteiger partial charge is 0.491 e. The van der Waals surface area contributed by atoms with Gasteiger partial charge in [-0.05, 0) is 42.5 Å². The maximum absolute atomic E-state index is 12.4. The molecule has 6 nitrogen and oxygen atoms in total. The first-order valence-electron chi connectivity index (χ1n) is 7.52. The first-order valence-corrected chi connectivity index (χ1v) is 7.90. The van der Waals surface area contributed by atoms with Gasteiger partial charge in [-0.1, -0.05) is 11.6 Å². The van der Waals surface area contributed by atoms with Gasteiger partial charge >= 0.3 is 0 Å². The molecule has 0 aliphatic rings. The van der Waals surface area contributed by atoms with Crippen molar-refractivity contribution in [3.05, 3.63) is 69.7 Å². The van der Waals surface area contributed by atoms with Crippen molar-refractivity contribution in [1.82, 2.24) is 9.55 Å². The van der Waals surface area contributed by atoms with Crippen LogP contribution in [0.2, 0.25) is 5.02 Å². The van der Waals surface area contributed by atoms with Crippen LogP contribution in [0.4, 0.5) is 0 Å². The number of aliphatic hydroxyl groups is 1. The van der Waals surface area contributed by atoms with Crippen LogP contribution in [0.25, 0.3) is 10.9 Å². The second kappa shape index (κ2) is 7.34. The number of nitriles is 1. The molecule has 126 valence electrons. The summed E-state index contributed by atoms with van der Waals surface area (Å²) < 4.78 is 6.79. The van der Waals surface area contributed by atoms with E-state index >= 15 is 0 Å². The Hall–Kier alpha value is -2.88. The van der Waals surface area contributed by atoms with Gasteiger partial charge in [-0.25, -0.2) is 4.98 Å². The number of ether oxygens (including phenoxy) is 1. The third-order valence-electron chi connectivity index (χ3n) is 3.62. The Morgan fingerprint density at radius 3 is 2.76 bits per heavy atom. The molecule has 0 unspecified atom stereocenters. The van der Waals surface area contributed by atoms with E-state index in [1.54, 1.807) is 42.5 Å². The van der Waals surface area contributed by atoms with Gasteiger partial charge in [-0.3, -0.25) is 9.36 Å². The van der Waals surface area contributed by atoms with E-state index in [-0.39, 0.29) is 18.7 Å². The Balaban J connectivity index is 1.69. The molecule has 25 heavy (non-hydrogen) atoms. The fraction of sp³-hybridized carbons (Fsp3) is 0.167. The first kappa shape index (κ1) is 17.0. The minimum Gasteiger partial charge on any atom is -0.491 e. The van der Waals surface area contributed by atoms with E-state index in [9.17, 15) is 9.90 Å². The van der Waals surface area contributed by atoms with E-state index in [0.29, 0.717) is 27.2 Å². The topological polar surface area (TPSA) is 88.1 Å². The molecular formula is C18H14ClN3O3. The molecule has 0 bridgehead atoms. The molecule has 0 radical (unpaired) electrons. The molecule has 0 saturated carbocycles. The highest BCUT2D eigenvalue weighted by atomic mass is 35.5. The third-order valence-corrected chi connectivity index (χ3v) is 3.85. The van der Waals surface area contributed by atoms with Crippen molar-refractivity contribution >= 4 is 22.5 Å². The number of nitrogens with zero attached hydrogens (tertiary/aromatic N) is 3. The van der Waals surface area contributed by atoms with Crippen LogP contribution in [0.3, 0.4) is 0 Å². The third kappa shape index (κ3) is 3.97. The number of fused-ring (bicyclic) bond motifs is 1. The summed E-state index contributed by atoms with van der Waals surface area (Å²) in [4.78, 5) is 16.6. The molecule has 2 aromatic carbocycles. The molecular weight excluding hydrogens is 342 g/mol. The number of aliphatic hydroxyl groups excluding tert-OH is 1. The number of hydrogen-bond donors (Lipinski definition) is 1. The van der Waals surface area contributed by atoms with Crippen LogP contribution in [0.15, 0.2) is 53.6 Å². The minimum atomic E-state index is -0.897. The summed E-state index contributed by atoms with van der Waals surface area (Å²) in [6.07, 6.45) is 0.496. The molecule has 1 N–H and O–H groups in total. The molecule has 0 aliphatic carbocycles. The van der Waals surface area contributed by atoms with Crippen LogP contribution in [-0.2, 0) is 6.54 Å². The summed E-state index contributed by atoms with van der Waals surface area (Å²) in [7, 11) is 0. The van der Waals surface area contributed by atoms with E-state index in [0.717, 1.165) is 0 Å². The van der Waals surface area contributed by atoms with Crippen molar-refractivity contribution < 1.29 is 9.84 Å². The van der Waals surface area contributed by atoms with Gasteiger partial charge in [0.05, 0.1) is 35.4 Å². The smallest absolute Gasteiger partial charge is 0.261 e. The van der Waals surface area contributed by atoms with Gasteiger partial charge in [-0.15, -0.1) is 0 Å². The van der Waals surface area contributed by atoms with Gasteiger partial charge < -0.3 is 9.84 Å². The summed E-state index contributed by atoms with van der Waals surface area (Å²) in [5.74, 6) is 0.536. The Bertz CT molecular complexity index is 993. The second-order valence-corrected chi connectivity index (χ2v) is 5.90. The highest BCUT2D eigenvalue weighted by molar-refractivity contribution is 6.31. The van der Waals surface area contributed by atoms with Gasteiger partial charge in [0.2, 0.25) is 0 Å². The van der Waals surface area contributed by atoms with E-state index in [1.165, 1.54) is 10.9 Å². The molecule has 1 heterocycles. The van der Waals surface area contributed by atoms with Crippen LogP contribution < -0.4 is 10.3 Å². The van der Waals surface area contributed by atoms with E-state index in [2.05, 4.69) is 4.98 Å². The van der Waals surface area contributed by atoms with Crippen molar-refractivity contribution in [1.29, 1.82) is 5.26 Å². The average molecular weight is 356 g/mol. The molecule has 0 amide bonds. The van der Waals surface area contributed by atoms with Crippen molar-refractivity contribution in [2.45, 2.75) is 12.6 Å². The van der Waals surface area contributed by atoms with Crippen LogP contribution in [0.1, 0.15) is 5.56 Å². The van der Waals surface area contributed by atoms with E-state index in [4.69, 9.17) is 21.6 Å². The number of hydrogen-bond acceptors (Lipinski definition) is 5. The maximum Gasteiger partial charge on any atom is 0.261 e. The van der Waals surface area contributed by atoms with Crippen LogP contribution in [0, 0.1) is 11.3 Å². The van der Waals surface area contributed by atoms with Crippen molar-refractivity contribution in [3.63, 3.8) is 0 Å². The molecule has 0 fully saturated rings. The summed E-state index contributed by atoms with van der Waals surface area (Å²) in [6, 6.07) is 13.5. The van der Waals surface area contributed by atoms with Gasteiger partial charge in [0, 0.05) is 5.02 Å². The standard InChI is InChI=1S/C18H14ClN3O3/c19-13-3-6-17-16(7-13)18(24)22(11-21-17)9-14(23)10-25-15-4-1-12(8-20)2-5-15/h1-7,11,14,23H,9-10H2/t14-/m0/s1. The molecule has 3 aromatic rings. The molecule has 0 spiro atoms. The number of benzene rings is 2. The number of rotatable bonds is 5. The van der Waals surface area contributed by atoms with Crippen LogP contribution in [-0.4, -0.2) is 27.4 Å². The predicted octanol–water partition coefficient (Wildman–Crippen LogP) is 2.36. The fourth-order valence-corrected chi connectivity index (χ4v) is 2.53. The highest BCUT2D eigenvalue weighted by Gasteiger charge is 2.10. The predicted molar refractivity (Wildman–Crippen MR) is 93.7 cm³/mol. The zero-order valence-corrected chi connectivity index (χ0v) is 13.8. The van der Waals surface area contributed by atoms with E-state index < -0.39 is 6.10 Å². The average Bonchev–Trinajstić information content (AvgIpc) is 2.63. The Morgan fingerprint density at radius 1 is 1.28 bits per heavy atom. The first-order chi connectivity index (χ1) is 12.1. The lowest BCUT2D eigenvalue weighted by atomic mass is 10.2. The maximum atomic E-state index is 12.4. The minimum absolute atomic E-state index is 0.00588. The Kier molecular flexibility index (Phi) is 4.98. The molecule has 1 atom stereocenters. The van der Waals surface area contributed by atoms with Crippen molar-refractivity contribution in [2.24, 2.45) is 0 Å². The number of aromatic nitrogens is 2. The fourth-order valence-electron chi connectivity index (χ4n) is 2.36. The normalized spacial score (nSPS) is 11.9. The van der Waals surface area contributed by atoms with Gasteiger partial charge in [0.25, 0.3) is 5.56 Å². The number of halogens is 1. The highest BCUT2D eigenvalue weighted by Crippen LogP contribution is 2.14. The summed E-state index contributed by atoms with van der Waals surface area (Å²) in [5.41, 5.74) is 0.805. The monoisotopic (exact) mass is 355 g/mol. The molecule has 1 aromatic heterocycles. The molecule has 7 heteroatoms. The lowest BCUT2D eigenvalue weighted by molar-refractivity contribution is 0.0915.